The Hall–Kier alpha value is -4.50. The lowest BCUT2D eigenvalue weighted by molar-refractivity contribution is -0.161. The molecule has 7 rings (SSSR count). The third-order valence-electron chi connectivity index (χ3n) is 8.44. The van der Waals surface area contributed by atoms with Crippen LogP contribution in [0.4, 0.5) is 21.0 Å². The third kappa shape index (κ3) is 5.84. The van der Waals surface area contributed by atoms with Gasteiger partial charge in [0.05, 0.1) is 38.0 Å². The van der Waals surface area contributed by atoms with E-state index in [1.807, 2.05) is 37.3 Å². The Morgan fingerprint density at radius 1 is 1.16 bits per heavy atom. The van der Waals surface area contributed by atoms with Gasteiger partial charge in [-0.05, 0) is 36.8 Å². The smallest absolute Gasteiger partial charge is 0.320 e. The minimum atomic E-state index is -0.622. The molecule has 3 aliphatic rings. The topological polar surface area (TPSA) is 132 Å². The number of amides is 2. The van der Waals surface area contributed by atoms with Crippen LogP contribution in [0, 0.1) is 12.9 Å². The van der Waals surface area contributed by atoms with Crippen molar-refractivity contribution in [1.29, 1.82) is 0 Å². The number of benzene rings is 1. The number of hydrogen-bond donors (Lipinski definition) is 2. The van der Waals surface area contributed by atoms with E-state index in [-0.39, 0.29) is 5.60 Å². The average molecular weight is 616 g/mol. The molecule has 2 amide bonds. The van der Waals surface area contributed by atoms with Crippen LogP contribution in [0.2, 0.25) is 0 Å². The van der Waals surface area contributed by atoms with Gasteiger partial charge in [-0.2, -0.15) is 14.6 Å². The molecule has 3 fully saturated rings. The maximum atomic E-state index is 14.0. The van der Waals surface area contributed by atoms with Crippen LogP contribution in [0.3, 0.4) is 0 Å². The first-order chi connectivity index (χ1) is 21.9. The van der Waals surface area contributed by atoms with Crippen molar-refractivity contribution in [3.05, 3.63) is 78.1 Å². The SMILES string of the molecule is COCCN1CC(NC(=O)Nc2c(C)c(-c3cnc(N4CC5(CCO5)C4)nc3)nn2-c2ccccc2)C(c2ccnc(F)c2)O1. The van der Waals surface area contributed by atoms with Gasteiger partial charge in [-0.15, -0.1) is 0 Å². The summed E-state index contributed by atoms with van der Waals surface area (Å²) >= 11 is 0. The zero-order valence-corrected chi connectivity index (χ0v) is 25.0. The maximum Gasteiger partial charge on any atom is 0.320 e. The van der Waals surface area contributed by atoms with E-state index in [1.165, 1.54) is 12.3 Å². The fourth-order valence-corrected chi connectivity index (χ4v) is 5.96. The van der Waals surface area contributed by atoms with Gasteiger partial charge < -0.3 is 19.7 Å². The number of pyridine rings is 1. The van der Waals surface area contributed by atoms with Gasteiger partial charge >= 0.3 is 6.03 Å². The molecule has 3 aromatic heterocycles. The highest BCUT2D eigenvalue weighted by Crippen LogP contribution is 2.38. The van der Waals surface area contributed by atoms with Gasteiger partial charge in [0, 0.05) is 56.3 Å². The fourth-order valence-electron chi connectivity index (χ4n) is 5.96. The molecule has 1 aromatic carbocycles. The quantitative estimate of drug-likeness (QED) is 0.271. The molecule has 45 heavy (non-hydrogen) atoms. The molecule has 0 radical (unpaired) electrons. The summed E-state index contributed by atoms with van der Waals surface area (Å²) in [7, 11) is 1.60. The number of carbonyl (C=O) groups excluding carboxylic acids is 1. The Morgan fingerprint density at radius 2 is 1.93 bits per heavy atom. The Kier molecular flexibility index (Phi) is 7.87. The number of ether oxygens (including phenoxy) is 2. The third-order valence-corrected chi connectivity index (χ3v) is 8.44. The van der Waals surface area contributed by atoms with Gasteiger partial charge in [-0.25, -0.2) is 24.4 Å². The molecule has 3 saturated heterocycles. The molecular formula is C31H34FN9O4. The van der Waals surface area contributed by atoms with Gasteiger partial charge in [-0.1, -0.05) is 18.2 Å². The van der Waals surface area contributed by atoms with E-state index >= 15 is 0 Å². The number of aromatic nitrogens is 5. The summed E-state index contributed by atoms with van der Waals surface area (Å²) in [5, 5.41) is 12.6. The van der Waals surface area contributed by atoms with E-state index in [0.29, 0.717) is 42.7 Å². The van der Waals surface area contributed by atoms with Gasteiger partial charge in [0.25, 0.3) is 0 Å². The molecular weight excluding hydrogens is 581 g/mol. The summed E-state index contributed by atoms with van der Waals surface area (Å²) in [6, 6.07) is 11.6. The first kappa shape index (κ1) is 29.2. The van der Waals surface area contributed by atoms with Gasteiger partial charge in [0.1, 0.15) is 23.2 Å². The summed E-state index contributed by atoms with van der Waals surface area (Å²) < 4.78 is 26.6. The van der Waals surface area contributed by atoms with Crippen molar-refractivity contribution in [1.82, 2.24) is 35.1 Å². The molecule has 234 valence electrons. The number of para-hydroxylation sites is 1. The molecule has 2 unspecified atom stereocenters. The second-order valence-electron chi connectivity index (χ2n) is 11.5. The molecule has 6 heterocycles. The Morgan fingerprint density at radius 3 is 2.62 bits per heavy atom. The highest BCUT2D eigenvalue weighted by atomic mass is 19.1. The average Bonchev–Trinajstić information content (AvgIpc) is 3.55. The summed E-state index contributed by atoms with van der Waals surface area (Å²) in [4.78, 5) is 34.6. The van der Waals surface area contributed by atoms with Crippen molar-refractivity contribution in [2.45, 2.75) is 31.1 Å². The minimum Gasteiger partial charge on any atom is -0.383 e. The van der Waals surface area contributed by atoms with Gasteiger partial charge in [0.2, 0.25) is 11.9 Å². The molecule has 0 saturated carbocycles. The monoisotopic (exact) mass is 615 g/mol. The van der Waals surface area contributed by atoms with Crippen molar-refractivity contribution < 1.29 is 23.5 Å². The number of urea groups is 1. The number of halogens is 1. The summed E-state index contributed by atoms with van der Waals surface area (Å²) in [6.45, 7) is 5.60. The van der Waals surface area contributed by atoms with Crippen LogP contribution in [0.15, 0.2) is 61.1 Å². The molecule has 3 aliphatic heterocycles. The number of anilines is 2. The van der Waals surface area contributed by atoms with Crippen molar-refractivity contribution in [2.24, 2.45) is 0 Å². The van der Waals surface area contributed by atoms with Crippen molar-refractivity contribution >= 4 is 17.8 Å². The fraction of sp³-hybridized carbons (Fsp3) is 0.387. The molecule has 4 aromatic rings. The molecule has 0 bridgehead atoms. The van der Waals surface area contributed by atoms with Crippen molar-refractivity contribution in [3.63, 3.8) is 0 Å². The van der Waals surface area contributed by atoms with Crippen LogP contribution in [0.5, 0.6) is 0 Å². The highest BCUT2D eigenvalue weighted by molar-refractivity contribution is 5.91. The van der Waals surface area contributed by atoms with Crippen LogP contribution in [0.1, 0.15) is 23.7 Å². The zero-order valence-electron chi connectivity index (χ0n) is 25.0. The second kappa shape index (κ2) is 12.1. The Bertz CT molecular complexity index is 1660. The number of hydrogen-bond acceptors (Lipinski definition) is 10. The van der Waals surface area contributed by atoms with E-state index in [2.05, 4.69) is 30.5 Å². The number of hydroxylamine groups is 2. The molecule has 14 heteroatoms. The number of rotatable bonds is 9. The molecule has 2 atom stereocenters. The molecule has 13 nitrogen and oxygen atoms in total. The second-order valence-corrected chi connectivity index (χ2v) is 11.5. The van der Waals surface area contributed by atoms with Crippen LogP contribution in [0.25, 0.3) is 16.9 Å². The van der Waals surface area contributed by atoms with E-state index in [1.54, 1.807) is 35.3 Å². The minimum absolute atomic E-state index is 0.0183. The highest BCUT2D eigenvalue weighted by Gasteiger charge is 2.50. The summed E-state index contributed by atoms with van der Waals surface area (Å²) in [6.07, 6.45) is 5.35. The van der Waals surface area contributed by atoms with Gasteiger partial charge in [0.15, 0.2) is 0 Å². The number of methoxy groups -OCH3 is 1. The Balaban J connectivity index is 1.12. The van der Waals surface area contributed by atoms with Crippen molar-refractivity contribution in [2.75, 3.05) is 56.7 Å². The van der Waals surface area contributed by atoms with E-state index in [9.17, 15) is 9.18 Å². The zero-order chi connectivity index (χ0) is 31.0. The molecule has 2 N–H and O–H groups in total. The Labute approximate surface area is 259 Å². The number of carbonyl (C=O) groups is 1. The summed E-state index contributed by atoms with van der Waals surface area (Å²) in [5.41, 5.74) is 3.43. The van der Waals surface area contributed by atoms with Crippen LogP contribution < -0.4 is 15.5 Å². The predicted octanol–water partition coefficient (Wildman–Crippen LogP) is 3.28. The predicted molar refractivity (Wildman–Crippen MR) is 162 cm³/mol. The molecule has 0 aliphatic carbocycles. The van der Waals surface area contributed by atoms with E-state index < -0.39 is 24.1 Å². The maximum absolute atomic E-state index is 14.0. The lowest BCUT2D eigenvalue weighted by Gasteiger charge is -2.54. The van der Waals surface area contributed by atoms with E-state index in [4.69, 9.17) is 19.4 Å². The normalized spacial score (nSPS) is 20.6. The first-order valence-electron chi connectivity index (χ1n) is 14.9. The van der Waals surface area contributed by atoms with Crippen LogP contribution in [-0.4, -0.2) is 94.0 Å². The standard InChI is InChI=1S/C31H34FN9O4/c1-20-26(22-15-34-29(35-16-22)39-18-31(19-39)9-12-44-31)38-41(23-6-4-3-5-7-23)28(20)37-30(42)36-24-17-40(11-13-43-2)45-27(24)21-8-10-33-25(32)14-21/h3-8,10,14-16,24,27H,9,11-13,17-19H2,1-2H3,(H2,36,37,42). The lowest BCUT2D eigenvalue weighted by atomic mass is 9.86. The molecule has 1 spiro atoms. The first-order valence-corrected chi connectivity index (χ1v) is 14.9. The lowest BCUT2D eigenvalue weighted by Crippen LogP contribution is -2.68. The van der Waals surface area contributed by atoms with Crippen LogP contribution in [-0.2, 0) is 14.3 Å². The summed E-state index contributed by atoms with van der Waals surface area (Å²) in [5.74, 6) is 0.522. The number of nitrogens with zero attached hydrogens (tertiary/aromatic N) is 7. The van der Waals surface area contributed by atoms with Crippen molar-refractivity contribution in [3.8, 4) is 16.9 Å². The van der Waals surface area contributed by atoms with E-state index in [0.717, 1.165) is 42.9 Å². The largest absolute Gasteiger partial charge is 0.383 e. The number of nitrogens with one attached hydrogen (secondary N) is 2. The van der Waals surface area contributed by atoms with Gasteiger partial charge in [-0.3, -0.25) is 10.2 Å². The van der Waals surface area contributed by atoms with Crippen LogP contribution >= 0.6 is 0 Å².